The summed E-state index contributed by atoms with van der Waals surface area (Å²) >= 11 is 0. The van der Waals surface area contributed by atoms with Gasteiger partial charge < -0.3 is 10.2 Å². The van der Waals surface area contributed by atoms with Crippen molar-refractivity contribution in [1.29, 1.82) is 0 Å². The van der Waals surface area contributed by atoms with E-state index in [0.29, 0.717) is 12.1 Å². The lowest BCUT2D eigenvalue weighted by Crippen LogP contribution is -2.54. The van der Waals surface area contributed by atoms with Crippen molar-refractivity contribution in [2.75, 3.05) is 10.8 Å². The zero-order valence-corrected chi connectivity index (χ0v) is 26.0. The van der Waals surface area contributed by atoms with Gasteiger partial charge in [-0.2, -0.15) is 0 Å². The molecule has 0 aromatic heterocycles. The van der Waals surface area contributed by atoms with Crippen LogP contribution in [-0.4, -0.2) is 43.8 Å². The molecule has 0 saturated heterocycles. The number of benzene rings is 3. The molecule has 224 valence electrons. The minimum atomic E-state index is -4.09. The van der Waals surface area contributed by atoms with E-state index in [4.69, 9.17) is 0 Å². The van der Waals surface area contributed by atoms with Crippen LogP contribution in [0.3, 0.4) is 0 Å². The van der Waals surface area contributed by atoms with Gasteiger partial charge in [-0.15, -0.1) is 0 Å². The van der Waals surface area contributed by atoms with Crippen molar-refractivity contribution in [3.05, 3.63) is 95.1 Å². The first kappa shape index (κ1) is 31.3. The topological polar surface area (TPSA) is 86.8 Å². The molecule has 4 rings (SSSR count). The molecule has 3 aromatic carbocycles. The Labute approximate surface area is 251 Å². The molecule has 2 amide bonds. The zero-order valence-electron chi connectivity index (χ0n) is 25.2. The highest BCUT2D eigenvalue weighted by Crippen LogP contribution is 2.27. The minimum absolute atomic E-state index is 0.0981. The molecule has 8 heteroatoms. The van der Waals surface area contributed by atoms with Crippen molar-refractivity contribution in [3.63, 3.8) is 0 Å². The first-order chi connectivity index (χ1) is 20.1. The zero-order chi connectivity index (χ0) is 30.3. The highest BCUT2D eigenvalue weighted by Gasteiger charge is 2.34. The van der Waals surface area contributed by atoms with E-state index in [1.165, 1.54) is 22.9 Å². The van der Waals surface area contributed by atoms with Gasteiger partial charge >= 0.3 is 0 Å². The number of carbonyl (C=O) groups excluding carboxylic acids is 2. The molecular formula is C34H43N3O4S. The Bertz CT molecular complexity index is 1460. The number of hydrogen-bond donors (Lipinski definition) is 1. The summed E-state index contributed by atoms with van der Waals surface area (Å²) in [6.45, 7) is 7.44. The Morgan fingerprint density at radius 3 is 2.12 bits per heavy atom. The Morgan fingerprint density at radius 1 is 0.881 bits per heavy atom. The van der Waals surface area contributed by atoms with Gasteiger partial charge in [0.15, 0.2) is 0 Å². The van der Waals surface area contributed by atoms with Crippen LogP contribution in [0.25, 0.3) is 0 Å². The third kappa shape index (κ3) is 7.59. The second kappa shape index (κ2) is 14.0. The van der Waals surface area contributed by atoms with Crippen LogP contribution >= 0.6 is 0 Å². The Balaban J connectivity index is 1.73. The van der Waals surface area contributed by atoms with Crippen LogP contribution in [0.2, 0.25) is 0 Å². The van der Waals surface area contributed by atoms with Gasteiger partial charge in [0, 0.05) is 12.6 Å². The van der Waals surface area contributed by atoms with Gasteiger partial charge in [0.25, 0.3) is 10.0 Å². The molecule has 1 aliphatic rings. The van der Waals surface area contributed by atoms with Gasteiger partial charge in [-0.3, -0.25) is 13.9 Å². The number of anilines is 1. The summed E-state index contributed by atoms with van der Waals surface area (Å²) in [6, 6.07) is 20.8. The van der Waals surface area contributed by atoms with Crippen molar-refractivity contribution < 1.29 is 18.0 Å². The van der Waals surface area contributed by atoms with Crippen LogP contribution in [-0.2, 0) is 26.2 Å². The van der Waals surface area contributed by atoms with Gasteiger partial charge in [-0.05, 0) is 86.6 Å². The second-order valence-electron chi connectivity index (χ2n) is 11.4. The quantitative estimate of drug-likeness (QED) is 0.294. The van der Waals surface area contributed by atoms with Crippen LogP contribution in [0.4, 0.5) is 5.69 Å². The van der Waals surface area contributed by atoms with E-state index in [1.54, 1.807) is 35.2 Å². The molecule has 1 atom stereocenters. The molecule has 1 unspecified atom stereocenters. The predicted octanol–water partition coefficient (Wildman–Crippen LogP) is 6.06. The lowest BCUT2D eigenvalue weighted by atomic mass is 9.95. The predicted molar refractivity (Wildman–Crippen MR) is 168 cm³/mol. The van der Waals surface area contributed by atoms with E-state index >= 15 is 0 Å². The SMILES string of the molecule is CCC(C(=O)NC1CCCCC1)N(Cc1ccccc1C)C(=O)CN(c1cc(C)cc(C)c1)S(=O)(=O)c1ccccc1. The third-order valence-corrected chi connectivity index (χ3v) is 9.83. The summed E-state index contributed by atoms with van der Waals surface area (Å²) in [5.74, 6) is -0.613. The standard InChI is InChI=1S/C34H43N3O4S/c1-5-32(34(39)35-29-16-8-6-9-17-29)36(23-28-15-13-12-14-27(28)4)33(38)24-37(30-21-25(2)20-26(3)22-30)42(40,41)31-18-10-7-11-19-31/h7,10-15,18-22,29,32H,5-6,8-9,16-17,23-24H2,1-4H3,(H,35,39). The maximum Gasteiger partial charge on any atom is 0.264 e. The van der Waals surface area contributed by atoms with E-state index in [0.717, 1.165) is 47.9 Å². The molecule has 1 N–H and O–H groups in total. The molecule has 0 heterocycles. The van der Waals surface area contributed by atoms with Crippen molar-refractivity contribution in [2.45, 2.75) is 89.7 Å². The van der Waals surface area contributed by atoms with Crippen molar-refractivity contribution in [1.82, 2.24) is 10.2 Å². The summed E-state index contributed by atoms with van der Waals surface area (Å²) in [5.41, 5.74) is 4.11. The number of sulfonamides is 1. The number of hydrogen-bond acceptors (Lipinski definition) is 4. The van der Waals surface area contributed by atoms with Crippen LogP contribution < -0.4 is 9.62 Å². The Morgan fingerprint density at radius 2 is 1.50 bits per heavy atom. The smallest absolute Gasteiger partial charge is 0.264 e. The normalized spacial score (nSPS) is 14.7. The molecule has 1 fully saturated rings. The van der Waals surface area contributed by atoms with Crippen LogP contribution in [0.1, 0.15) is 67.7 Å². The number of rotatable bonds is 11. The van der Waals surface area contributed by atoms with E-state index in [1.807, 2.05) is 58.0 Å². The summed E-state index contributed by atoms with van der Waals surface area (Å²) in [7, 11) is -4.09. The first-order valence-electron chi connectivity index (χ1n) is 14.9. The number of amides is 2. The Kier molecular flexibility index (Phi) is 10.4. The van der Waals surface area contributed by atoms with Crippen LogP contribution in [0.15, 0.2) is 77.7 Å². The highest BCUT2D eigenvalue weighted by molar-refractivity contribution is 7.92. The first-order valence-corrected chi connectivity index (χ1v) is 16.3. The van der Waals surface area contributed by atoms with Gasteiger partial charge in [0.05, 0.1) is 10.6 Å². The van der Waals surface area contributed by atoms with Gasteiger partial charge in [0.1, 0.15) is 12.6 Å². The number of nitrogens with one attached hydrogen (secondary N) is 1. The van der Waals surface area contributed by atoms with Gasteiger partial charge in [-0.25, -0.2) is 8.42 Å². The fraction of sp³-hybridized carbons (Fsp3) is 0.412. The maximum absolute atomic E-state index is 14.3. The minimum Gasteiger partial charge on any atom is -0.352 e. The largest absolute Gasteiger partial charge is 0.352 e. The van der Waals surface area contributed by atoms with E-state index in [-0.39, 0.29) is 23.4 Å². The number of nitrogens with zero attached hydrogens (tertiary/aromatic N) is 2. The van der Waals surface area contributed by atoms with Gasteiger partial charge in [-0.1, -0.05) is 74.7 Å². The molecule has 0 radical (unpaired) electrons. The average Bonchev–Trinajstić information content (AvgIpc) is 2.97. The molecule has 1 aliphatic carbocycles. The molecule has 1 saturated carbocycles. The van der Waals surface area contributed by atoms with E-state index in [9.17, 15) is 18.0 Å². The fourth-order valence-electron chi connectivity index (χ4n) is 5.78. The second-order valence-corrected chi connectivity index (χ2v) is 13.2. The maximum atomic E-state index is 14.3. The molecule has 0 aliphatic heterocycles. The van der Waals surface area contributed by atoms with Crippen molar-refractivity contribution in [3.8, 4) is 0 Å². The van der Waals surface area contributed by atoms with Crippen LogP contribution in [0.5, 0.6) is 0 Å². The number of aryl methyl sites for hydroxylation is 3. The molecule has 42 heavy (non-hydrogen) atoms. The average molecular weight is 590 g/mol. The molecule has 0 bridgehead atoms. The van der Waals surface area contributed by atoms with E-state index in [2.05, 4.69) is 5.32 Å². The highest BCUT2D eigenvalue weighted by atomic mass is 32.2. The van der Waals surface area contributed by atoms with Crippen molar-refractivity contribution >= 4 is 27.5 Å². The van der Waals surface area contributed by atoms with E-state index < -0.39 is 28.5 Å². The molecule has 0 spiro atoms. The summed E-state index contributed by atoms with van der Waals surface area (Å²) in [5, 5.41) is 3.20. The third-order valence-electron chi connectivity index (χ3n) is 8.04. The summed E-state index contributed by atoms with van der Waals surface area (Å²) in [4.78, 5) is 29.7. The molecule has 3 aromatic rings. The fourth-order valence-corrected chi connectivity index (χ4v) is 7.20. The number of carbonyl (C=O) groups is 2. The Hall–Kier alpha value is -3.65. The molecular weight excluding hydrogens is 546 g/mol. The summed E-state index contributed by atoms with van der Waals surface area (Å²) < 4.78 is 29.3. The monoisotopic (exact) mass is 589 g/mol. The van der Waals surface area contributed by atoms with Crippen LogP contribution in [0, 0.1) is 20.8 Å². The lowest BCUT2D eigenvalue weighted by molar-refractivity contribution is -0.140. The van der Waals surface area contributed by atoms with Gasteiger partial charge in [0.2, 0.25) is 11.8 Å². The molecule has 7 nitrogen and oxygen atoms in total. The lowest BCUT2D eigenvalue weighted by Gasteiger charge is -2.35. The summed E-state index contributed by atoms with van der Waals surface area (Å²) in [6.07, 6.45) is 5.61. The van der Waals surface area contributed by atoms with Crippen molar-refractivity contribution in [2.24, 2.45) is 0 Å².